The van der Waals surface area contributed by atoms with Crippen molar-refractivity contribution >= 4 is 50.2 Å². The third-order valence-electron chi connectivity index (χ3n) is 8.05. The third kappa shape index (κ3) is 8.11. The summed E-state index contributed by atoms with van der Waals surface area (Å²) in [6.07, 6.45) is -0.338. The normalized spacial score (nSPS) is 17.3. The highest BCUT2D eigenvalue weighted by molar-refractivity contribution is 7.94. The Kier molecular flexibility index (Phi) is 10.5. The summed E-state index contributed by atoms with van der Waals surface area (Å²) in [5.74, 6) is -0.367. The number of ether oxygens (including phenoxy) is 1. The first-order valence-electron chi connectivity index (χ1n) is 15.2. The molecule has 5 N–H and O–H groups in total. The van der Waals surface area contributed by atoms with Crippen LogP contribution < -0.4 is 20.5 Å². The molecular formula is C34H39N5O6S2. The molecule has 0 bridgehead atoms. The molecule has 2 heterocycles. The number of benzene rings is 3. The van der Waals surface area contributed by atoms with Gasteiger partial charge >= 0.3 is 0 Å². The van der Waals surface area contributed by atoms with Crippen molar-refractivity contribution in [3.8, 4) is 5.75 Å². The van der Waals surface area contributed by atoms with Crippen LogP contribution in [0.2, 0.25) is 0 Å². The third-order valence-corrected chi connectivity index (χ3v) is 10.8. The van der Waals surface area contributed by atoms with Gasteiger partial charge in [0.2, 0.25) is 0 Å². The van der Waals surface area contributed by atoms with Gasteiger partial charge < -0.3 is 25.8 Å². The van der Waals surface area contributed by atoms with Crippen molar-refractivity contribution in [3.05, 3.63) is 101 Å². The van der Waals surface area contributed by atoms with Crippen LogP contribution in [0.5, 0.6) is 5.75 Å². The van der Waals surface area contributed by atoms with E-state index in [2.05, 4.69) is 14.9 Å². The number of carbonyl (C=O) groups excluding carboxylic acids is 2. The van der Waals surface area contributed by atoms with Crippen molar-refractivity contribution in [1.82, 2.24) is 9.80 Å². The Bertz CT molecular complexity index is 1810. The van der Waals surface area contributed by atoms with Gasteiger partial charge in [0.25, 0.3) is 21.8 Å². The van der Waals surface area contributed by atoms with Gasteiger partial charge in [-0.3, -0.25) is 19.2 Å². The summed E-state index contributed by atoms with van der Waals surface area (Å²) in [5.41, 5.74) is 8.95. The van der Waals surface area contributed by atoms with Crippen molar-refractivity contribution in [2.75, 3.05) is 42.5 Å². The van der Waals surface area contributed by atoms with Crippen LogP contribution in [-0.2, 0) is 16.6 Å². The molecule has 5 rings (SSSR count). The molecule has 0 saturated heterocycles. The van der Waals surface area contributed by atoms with Crippen LogP contribution in [-0.4, -0.2) is 74.0 Å². The number of nitrogens with one attached hydrogen (secondary N) is 2. The first kappa shape index (κ1) is 33.9. The van der Waals surface area contributed by atoms with Crippen molar-refractivity contribution in [1.29, 1.82) is 0 Å². The van der Waals surface area contributed by atoms with E-state index >= 15 is 0 Å². The fourth-order valence-electron chi connectivity index (χ4n) is 5.38. The number of anilines is 3. The van der Waals surface area contributed by atoms with E-state index in [4.69, 9.17) is 10.5 Å². The smallest absolute Gasteiger partial charge is 0.271 e. The average molecular weight is 678 g/mol. The molecule has 0 saturated carbocycles. The van der Waals surface area contributed by atoms with Crippen LogP contribution in [0.15, 0.2) is 88.5 Å². The van der Waals surface area contributed by atoms with E-state index in [9.17, 15) is 23.1 Å². The summed E-state index contributed by atoms with van der Waals surface area (Å²) in [5, 5.41) is 14.5. The van der Waals surface area contributed by atoms with Gasteiger partial charge in [-0.05, 0) is 73.4 Å². The van der Waals surface area contributed by atoms with Gasteiger partial charge in [0.15, 0.2) is 0 Å². The average Bonchev–Trinajstić information content (AvgIpc) is 3.61. The Labute approximate surface area is 279 Å². The molecular weight excluding hydrogens is 639 g/mol. The molecule has 11 nitrogen and oxygen atoms in total. The number of aliphatic hydroxyl groups is 1. The maximum absolute atomic E-state index is 13.8. The topological polar surface area (TPSA) is 154 Å². The number of nitrogen functional groups attached to an aromatic ring is 1. The van der Waals surface area contributed by atoms with Crippen LogP contribution in [0.1, 0.15) is 40.1 Å². The molecule has 0 radical (unpaired) electrons. The largest absolute Gasteiger partial charge is 0.488 e. The molecule has 47 heavy (non-hydrogen) atoms. The fraction of sp³-hybridized carbons (Fsp3) is 0.294. The van der Waals surface area contributed by atoms with E-state index in [0.717, 1.165) is 16.9 Å². The number of aliphatic hydroxyl groups excluding tert-OH is 1. The second-order valence-electron chi connectivity index (χ2n) is 11.8. The van der Waals surface area contributed by atoms with Crippen LogP contribution in [0.3, 0.4) is 0 Å². The van der Waals surface area contributed by atoms with Crippen LogP contribution in [0.25, 0.3) is 0 Å². The van der Waals surface area contributed by atoms with E-state index in [1.807, 2.05) is 26.1 Å². The lowest BCUT2D eigenvalue weighted by molar-refractivity contribution is 0.0341. The van der Waals surface area contributed by atoms with E-state index in [1.165, 1.54) is 12.1 Å². The summed E-state index contributed by atoms with van der Waals surface area (Å²) < 4.78 is 34.9. The summed E-state index contributed by atoms with van der Waals surface area (Å²) in [6, 6.07) is 21.8. The molecule has 0 unspecified atom stereocenters. The predicted octanol–water partition coefficient (Wildman–Crippen LogP) is 4.74. The lowest BCUT2D eigenvalue weighted by Crippen LogP contribution is -2.49. The zero-order valence-electron chi connectivity index (χ0n) is 26.4. The minimum Gasteiger partial charge on any atom is -0.488 e. The highest BCUT2D eigenvalue weighted by Gasteiger charge is 2.34. The molecule has 0 aliphatic carbocycles. The molecule has 2 amide bonds. The highest BCUT2D eigenvalue weighted by Crippen LogP contribution is 2.32. The van der Waals surface area contributed by atoms with E-state index < -0.39 is 16.1 Å². The van der Waals surface area contributed by atoms with Crippen molar-refractivity contribution in [2.45, 2.75) is 36.7 Å². The van der Waals surface area contributed by atoms with Gasteiger partial charge in [0.1, 0.15) is 16.1 Å². The molecule has 3 aromatic carbocycles. The molecule has 4 aromatic rings. The fourth-order valence-corrected chi connectivity index (χ4v) is 7.42. The SMILES string of the molecule is C[C@@H]1CN([C@@H](C)CO)C(=O)c2cc(NS(=O)(=O)c3cccs3)ccc2O[C@@H]1CN(C)Cc1ccc(C(=O)Nc2ccccc2N)cc1. The molecule has 13 heteroatoms. The van der Waals surface area contributed by atoms with Gasteiger partial charge in [0.05, 0.1) is 29.6 Å². The Balaban J connectivity index is 1.31. The number of nitrogens with two attached hydrogens (primary N) is 1. The molecule has 0 fully saturated rings. The van der Waals surface area contributed by atoms with Gasteiger partial charge in [-0.2, -0.15) is 0 Å². The first-order valence-corrected chi connectivity index (χ1v) is 17.5. The second kappa shape index (κ2) is 14.6. The second-order valence-corrected chi connectivity index (χ2v) is 14.7. The zero-order valence-corrected chi connectivity index (χ0v) is 28.1. The van der Waals surface area contributed by atoms with Crippen LogP contribution >= 0.6 is 11.3 Å². The minimum absolute atomic E-state index is 0.1000. The van der Waals surface area contributed by atoms with Crippen molar-refractivity contribution in [2.24, 2.45) is 5.92 Å². The van der Waals surface area contributed by atoms with Crippen molar-refractivity contribution < 1.29 is 27.9 Å². The number of likely N-dealkylation sites (N-methyl/N-ethyl adjacent to an activating group) is 1. The number of sulfonamides is 1. The molecule has 248 valence electrons. The number of rotatable bonds is 11. The Morgan fingerprint density at radius 1 is 1.13 bits per heavy atom. The van der Waals surface area contributed by atoms with Crippen molar-refractivity contribution in [3.63, 3.8) is 0 Å². The molecule has 1 aliphatic heterocycles. The standard InChI is InChI=1S/C34H39N5O6S2/c1-22-18-39(23(2)21-40)34(42)27-17-26(37-47(43,44)32-9-6-16-46-32)14-15-30(27)45-31(22)20-38(3)19-24-10-12-25(13-11-24)33(41)36-29-8-5-4-7-28(29)35/h4-17,22-23,31,37,40H,18-21,35H2,1-3H3,(H,36,41)/t22-,23+,31-/m1/s1. The Morgan fingerprint density at radius 3 is 2.55 bits per heavy atom. The number of hydrogen-bond donors (Lipinski definition) is 4. The van der Waals surface area contributed by atoms with Crippen LogP contribution in [0.4, 0.5) is 17.1 Å². The summed E-state index contributed by atoms with van der Waals surface area (Å²) in [7, 11) is -1.86. The quantitative estimate of drug-likeness (QED) is 0.166. The number of nitrogens with zero attached hydrogens (tertiary/aromatic N) is 2. The van der Waals surface area contributed by atoms with Crippen LogP contribution in [0, 0.1) is 5.92 Å². The monoisotopic (exact) mass is 677 g/mol. The number of amides is 2. The maximum Gasteiger partial charge on any atom is 0.271 e. The van der Waals surface area contributed by atoms with E-state index in [0.29, 0.717) is 42.3 Å². The first-order chi connectivity index (χ1) is 22.4. The predicted molar refractivity (Wildman–Crippen MR) is 184 cm³/mol. The van der Waals surface area contributed by atoms with E-state index in [-0.39, 0.29) is 45.9 Å². The number of fused-ring (bicyclic) bond motifs is 1. The Morgan fingerprint density at radius 2 is 1.87 bits per heavy atom. The molecule has 1 aromatic heterocycles. The maximum atomic E-state index is 13.8. The summed E-state index contributed by atoms with van der Waals surface area (Å²) in [4.78, 5) is 30.2. The number of thiophene rings is 1. The lowest BCUT2D eigenvalue weighted by Gasteiger charge is -2.38. The molecule has 1 aliphatic rings. The van der Waals surface area contributed by atoms with Gasteiger partial charge in [-0.25, -0.2) is 8.42 Å². The minimum atomic E-state index is -3.82. The number of carbonyl (C=O) groups is 2. The summed E-state index contributed by atoms with van der Waals surface area (Å²) in [6.45, 7) is 4.97. The molecule has 0 spiro atoms. The summed E-state index contributed by atoms with van der Waals surface area (Å²) >= 11 is 1.10. The highest BCUT2D eigenvalue weighted by atomic mass is 32.2. The van der Waals surface area contributed by atoms with Gasteiger partial charge in [-0.15, -0.1) is 11.3 Å². The number of hydrogen-bond acceptors (Lipinski definition) is 9. The number of para-hydroxylation sites is 2. The van der Waals surface area contributed by atoms with Gasteiger partial charge in [0, 0.05) is 36.8 Å². The lowest BCUT2D eigenvalue weighted by atomic mass is 9.99. The van der Waals surface area contributed by atoms with Gasteiger partial charge in [-0.1, -0.05) is 37.3 Å². The van der Waals surface area contributed by atoms with E-state index in [1.54, 1.807) is 71.8 Å². The molecule has 3 atom stereocenters. The Hall–Kier alpha value is -4.43. The zero-order chi connectivity index (χ0) is 33.7.